The molecule has 0 spiro atoms. The first-order valence-electron chi connectivity index (χ1n) is 9.62. The molecule has 0 saturated carbocycles. The Morgan fingerprint density at radius 1 is 1.21 bits per heavy atom. The SMILES string of the molecule is CCn1c(CCC(N)=O)nnc1SCC(=O)Nc1ccc(N2CCOCC2)cc1. The van der Waals surface area contributed by atoms with E-state index in [1.165, 1.54) is 11.8 Å². The number of aromatic nitrogens is 3. The Hall–Kier alpha value is -2.59. The summed E-state index contributed by atoms with van der Waals surface area (Å²) >= 11 is 1.32. The molecular formula is C19H26N6O3S. The normalized spacial score (nSPS) is 14.0. The third kappa shape index (κ3) is 5.94. The number of primary amides is 1. The van der Waals surface area contributed by atoms with Crippen LogP contribution in [-0.4, -0.2) is 58.6 Å². The minimum absolute atomic E-state index is 0.113. The van der Waals surface area contributed by atoms with Crippen molar-refractivity contribution in [2.75, 3.05) is 42.3 Å². The molecule has 1 aromatic carbocycles. The first kappa shape index (κ1) is 21.1. The number of morpholine rings is 1. The summed E-state index contributed by atoms with van der Waals surface area (Å²) < 4.78 is 7.27. The van der Waals surface area contributed by atoms with Crippen molar-refractivity contribution >= 4 is 35.0 Å². The maximum Gasteiger partial charge on any atom is 0.234 e. The van der Waals surface area contributed by atoms with Crippen LogP contribution < -0.4 is 16.0 Å². The van der Waals surface area contributed by atoms with E-state index in [2.05, 4.69) is 20.4 Å². The predicted molar refractivity (Wildman–Crippen MR) is 112 cm³/mol. The van der Waals surface area contributed by atoms with Crippen molar-refractivity contribution in [1.29, 1.82) is 0 Å². The molecule has 156 valence electrons. The molecule has 2 aromatic rings. The summed E-state index contributed by atoms with van der Waals surface area (Å²) in [6.07, 6.45) is 0.669. The van der Waals surface area contributed by atoms with Crippen LogP contribution in [0, 0.1) is 0 Å². The van der Waals surface area contributed by atoms with Gasteiger partial charge in [-0.05, 0) is 31.2 Å². The van der Waals surface area contributed by atoms with E-state index < -0.39 is 0 Å². The molecule has 2 heterocycles. The molecule has 0 atom stereocenters. The molecule has 29 heavy (non-hydrogen) atoms. The van der Waals surface area contributed by atoms with Crippen LogP contribution >= 0.6 is 11.8 Å². The summed E-state index contributed by atoms with van der Waals surface area (Å²) in [5, 5.41) is 11.8. The van der Waals surface area contributed by atoms with Gasteiger partial charge in [0, 0.05) is 43.9 Å². The van der Waals surface area contributed by atoms with E-state index in [-0.39, 0.29) is 24.0 Å². The van der Waals surface area contributed by atoms with Gasteiger partial charge in [0.25, 0.3) is 0 Å². The molecule has 1 aliphatic rings. The van der Waals surface area contributed by atoms with Crippen molar-refractivity contribution in [3.8, 4) is 0 Å². The lowest BCUT2D eigenvalue weighted by Gasteiger charge is -2.28. The van der Waals surface area contributed by atoms with E-state index in [0.29, 0.717) is 23.9 Å². The van der Waals surface area contributed by atoms with Gasteiger partial charge < -0.3 is 25.3 Å². The zero-order chi connectivity index (χ0) is 20.6. The van der Waals surface area contributed by atoms with Crippen LogP contribution in [0.25, 0.3) is 0 Å². The molecule has 1 saturated heterocycles. The Kier molecular flexibility index (Phi) is 7.48. The number of nitrogens with zero attached hydrogens (tertiary/aromatic N) is 4. The van der Waals surface area contributed by atoms with Gasteiger partial charge in [0.05, 0.1) is 19.0 Å². The fourth-order valence-electron chi connectivity index (χ4n) is 3.07. The molecule has 3 N–H and O–H groups in total. The molecule has 10 heteroatoms. The van der Waals surface area contributed by atoms with Crippen LogP contribution in [0.15, 0.2) is 29.4 Å². The van der Waals surface area contributed by atoms with Gasteiger partial charge in [0.1, 0.15) is 5.82 Å². The van der Waals surface area contributed by atoms with Crippen LogP contribution in [0.1, 0.15) is 19.2 Å². The number of aryl methyl sites for hydroxylation is 1. The maximum absolute atomic E-state index is 12.3. The van der Waals surface area contributed by atoms with Crippen molar-refractivity contribution < 1.29 is 14.3 Å². The predicted octanol–water partition coefficient (Wildman–Crippen LogP) is 1.28. The highest BCUT2D eigenvalue weighted by atomic mass is 32.2. The van der Waals surface area contributed by atoms with Crippen molar-refractivity contribution in [1.82, 2.24) is 14.8 Å². The smallest absolute Gasteiger partial charge is 0.234 e. The average molecular weight is 419 g/mol. The third-order valence-electron chi connectivity index (χ3n) is 4.56. The highest BCUT2D eigenvalue weighted by molar-refractivity contribution is 7.99. The number of nitrogens with one attached hydrogen (secondary N) is 1. The number of hydrogen-bond donors (Lipinski definition) is 2. The summed E-state index contributed by atoms with van der Waals surface area (Å²) in [6.45, 7) is 5.86. The van der Waals surface area contributed by atoms with Crippen molar-refractivity contribution in [3.63, 3.8) is 0 Å². The topological polar surface area (TPSA) is 115 Å². The molecule has 0 aliphatic carbocycles. The summed E-state index contributed by atoms with van der Waals surface area (Å²) in [5.74, 6) is 0.439. The van der Waals surface area contributed by atoms with Crippen molar-refractivity contribution in [3.05, 3.63) is 30.1 Å². The molecule has 0 unspecified atom stereocenters. The number of amides is 2. The molecular weight excluding hydrogens is 392 g/mol. The minimum Gasteiger partial charge on any atom is -0.378 e. The van der Waals surface area contributed by atoms with Gasteiger partial charge in [0.15, 0.2) is 5.16 Å². The quantitative estimate of drug-likeness (QED) is 0.590. The minimum atomic E-state index is -0.371. The maximum atomic E-state index is 12.3. The molecule has 1 fully saturated rings. The molecule has 0 radical (unpaired) electrons. The summed E-state index contributed by atoms with van der Waals surface area (Å²) in [7, 11) is 0. The van der Waals surface area contributed by atoms with Gasteiger partial charge in [-0.3, -0.25) is 9.59 Å². The Bertz CT molecular complexity index is 833. The lowest BCUT2D eigenvalue weighted by Crippen LogP contribution is -2.36. The number of ether oxygens (including phenoxy) is 1. The van der Waals surface area contributed by atoms with Crippen LogP contribution in [0.2, 0.25) is 0 Å². The lowest BCUT2D eigenvalue weighted by atomic mass is 10.2. The third-order valence-corrected chi connectivity index (χ3v) is 5.53. The standard InChI is InChI=1S/C19H26N6O3S/c1-2-25-17(8-7-16(20)26)22-23-19(25)29-13-18(27)21-14-3-5-15(6-4-14)24-9-11-28-12-10-24/h3-6H,2,7-13H2,1H3,(H2,20,26)(H,21,27). The Morgan fingerprint density at radius 2 is 1.93 bits per heavy atom. The van der Waals surface area contributed by atoms with Crippen LogP contribution in [-0.2, 0) is 27.3 Å². The fraction of sp³-hybridized carbons (Fsp3) is 0.474. The highest BCUT2D eigenvalue weighted by Crippen LogP contribution is 2.21. The van der Waals surface area contributed by atoms with Gasteiger partial charge in [-0.15, -0.1) is 10.2 Å². The molecule has 9 nitrogen and oxygen atoms in total. The molecule has 1 aliphatic heterocycles. The van der Waals surface area contributed by atoms with Crippen LogP contribution in [0.3, 0.4) is 0 Å². The Balaban J connectivity index is 1.51. The van der Waals surface area contributed by atoms with E-state index in [0.717, 1.165) is 37.7 Å². The second-order valence-corrected chi connectivity index (χ2v) is 7.54. The summed E-state index contributed by atoms with van der Waals surface area (Å²) in [5.41, 5.74) is 7.08. The van der Waals surface area contributed by atoms with Crippen LogP contribution in [0.4, 0.5) is 11.4 Å². The number of rotatable bonds is 9. The number of hydrogen-bond acceptors (Lipinski definition) is 7. The monoisotopic (exact) mass is 418 g/mol. The first-order valence-corrected chi connectivity index (χ1v) is 10.6. The van der Waals surface area contributed by atoms with Gasteiger partial charge in [0.2, 0.25) is 11.8 Å². The highest BCUT2D eigenvalue weighted by Gasteiger charge is 2.14. The van der Waals surface area contributed by atoms with Gasteiger partial charge in [-0.2, -0.15) is 0 Å². The summed E-state index contributed by atoms with van der Waals surface area (Å²) in [4.78, 5) is 25.6. The van der Waals surface area contributed by atoms with Crippen molar-refractivity contribution in [2.24, 2.45) is 5.73 Å². The van der Waals surface area contributed by atoms with Crippen LogP contribution in [0.5, 0.6) is 0 Å². The largest absolute Gasteiger partial charge is 0.378 e. The second-order valence-electron chi connectivity index (χ2n) is 6.59. The first-order chi connectivity index (χ1) is 14.1. The molecule has 3 rings (SSSR count). The van der Waals surface area contributed by atoms with E-state index >= 15 is 0 Å². The fourth-order valence-corrected chi connectivity index (χ4v) is 3.89. The van der Waals surface area contributed by atoms with E-state index in [1.807, 2.05) is 35.8 Å². The number of thioether (sulfide) groups is 1. The Morgan fingerprint density at radius 3 is 2.59 bits per heavy atom. The zero-order valence-electron chi connectivity index (χ0n) is 16.5. The lowest BCUT2D eigenvalue weighted by molar-refractivity contribution is -0.118. The molecule has 1 aromatic heterocycles. The number of carbonyl (C=O) groups excluding carboxylic acids is 2. The number of carbonyl (C=O) groups is 2. The van der Waals surface area contributed by atoms with E-state index in [1.54, 1.807) is 0 Å². The summed E-state index contributed by atoms with van der Waals surface area (Å²) in [6, 6.07) is 7.83. The molecule has 0 bridgehead atoms. The Labute approximate surface area is 174 Å². The van der Waals surface area contributed by atoms with E-state index in [9.17, 15) is 9.59 Å². The zero-order valence-corrected chi connectivity index (χ0v) is 17.3. The number of nitrogens with two attached hydrogens (primary N) is 1. The second kappa shape index (κ2) is 10.3. The average Bonchev–Trinajstić information content (AvgIpc) is 3.14. The van der Waals surface area contributed by atoms with Gasteiger partial charge in [-0.25, -0.2) is 0 Å². The molecule has 2 amide bonds. The van der Waals surface area contributed by atoms with Crippen molar-refractivity contribution in [2.45, 2.75) is 31.5 Å². The van der Waals surface area contributed by atoms with Gasteiger partial charge in [-0.1, -0.05) is 11.8 Å². The number of benzene rings is 1. The number of anilines is 2. The van der Waals surface area contributed by atoms with Gasteiger partial charge >= 0.3 is 0 Å². The van der Waals surface area contributed by atoms with E-state index in [4.69, 9.17) is 10.5 Å².